The lowest BCUT2D eigenvalue weighted by Crippen LogP contribution is -2.11. The van der Waals surface area contributed by atoms with E-state index in [4.69, 9.17) is 16.3 Å². The molecule has 1 unspecified atom stereocenters. The molecule has 0 fully saturated rings. The van der Waals surface area contributed by atoms with E-state index in [9.17, 15) is 0 Å². The van der Waals surface area contributed by atoms with Gasteiger partial charge in [0.1, 0.15) is 5.75 Å². The first-order valence-electron chi connectivity index (χ1n) is 6.39. The van der Waals surface area contributed by atoms with E-state index in [2.05, 4.69) is 11.2 Å². The molecule has 102 valence electrons. The lowest BCUT2D eigenvalue weighted by molar-refractivity contribution is 0.405. The van der Waals surface area contributed by atoms with Crippen LogP contribution in [-0.2, 0) is 19.9 Å². The number of hydrogen-bond donors (Lipinski definition) is 0. The van der Waals surface area contributed by atoms with E-state index in [1.807, 2.05) is 42.2 Å². The molecular formula is C15H19ClN2O. The predicted molar refractivity (Wildman–Crippen MR) is 77.8 cm³/mol. The lowest BCUT2D eigenvalue weighted by Gasteiger charge is -2.15. The van der Waals surface area contributed by atoms with Crippen LogP contribution in [0, 0.1) is 5.92 Å². The third-order valence-corrected chi connectivity index (χ3v) is 3.62. The number of hydrogen-bond acceptors (Lipinski definition) is 2. The van der Waals surface area contributed by atoms with Crippen molar-refractivity contribution in [3.63, 3.8) is 0 Å². The molecule has 0 aliphatic rings. The maximum atomic E-state index is 6.09. The molecule has 1 heterocycles. The number of aryl methyl sites for hydroxylation is 1. The largest absolute Gasteiger partial charge is 0.496 e. The molecule has 2 aromatic rings. The van der Waals surface area contributed by atoms with Crippen LogP contribution in [0.3, 0.4) is 0 Å². The summed E-state index contributed by atoms with van der Waals surface area (Å²) in [6.45, 7) is 0. The molecule has 3 nitrogen and oxygen atoms in total. The normalized spacial score (nSPS) is 12.4. The van der Waals surface area contributed by atoms with Crippen LogP contribution in [0.15, 0.2) is 36.5 Å². The highest BCUT2D eigenvalue weighted by atomic mass is 35.5. The smallest absolute Gasteiger partial charge is 0.122 e. The van der Waals surface area contributed by atoms with Crippen LogP contribution in [0.4, 0.5) is 0 Å². The second-order valence-corrected chi connectivity index (χ2v) is 5.03. The second-order valence-electron chi connectivity index (χ2n) is 4.72. The summed E-state index contributed by atoms with van der Waals surface area (Å²) in [6.07, 6.45) is 3.76. The predicted octanol–water partition coefficient (Wildman–Crippen LogP) is 3.07. The Kier molecular flexibility index (Phi) is 4.86. The molecule has 0 aliphatic heterocycles. The van der Waals surface area contributed by atoms with Crippen molar-refractivity contribution < 1.29 is 4.74 Å². The van der Waals surface area contributed by atoms with Gasteiger partial charge in [-0.1, -0.05) is 18.2 Å². The maximum absolute atomic E-state index is 6.09. The van der Waals surface area contributed by atoms with Crippen LogP contribution in [0.25, 0.3) is 0 Å². The molecule has 0 bridgehead atoms. The Morgan fingerprint density at radius 3 is 2.68 bits per heavy atom. The molecule has 4 heteroatoms. The van der Waals surface area contributed by atoms with E-state index in [1.165, 1.54) is 5.56 Å². The number of halogens is 1. The van der Waals surface area contributed by atoms with Gasteiger partial charge in [0.25, 0.3) is 0 Å². The van der Waals surface area contributed by atoms with Gasteiger partial charge in [-0.05, 0) is 36.5 Å². The fourth-order valence-corrected chi connectivity index (χ4v) is 2.45. The van der Waals surface area contributed by atoms with E-state index in [0.29, 0.717) is 11.8 Å². The van der Waals surface area contributed by atoms with Crippen molar-refractivity contribution >= 4 is 11.6 Å². The summed E-state index contributed by atoms with van der Waals surface area (Å²) in [4.78, 5) is 0. The summed E-state index contributed by atoms with van der Waals surface area (Å²) in [6, 6.07) is 10.1. The van der Waals surface area contributed by atoms with Crippen molar-refractivity contribution in [1.29, 1.82) is 0 Å². The van der Waals surface area contributed by atoms with Crippen molar-refractivity contribution in [1.82, 2.24) is 9.78 Å². The van der Waals surface area contributed by atoms with Gasteiger partial charge in [0.05, 0.1) is 12.8 Å². The number of methoxy groups -OCH3 is 1. The van der Waals surface area contributed by atoms with Crippen LogP contribution >= 0.6 is 11.6 Å². The second kappa shape index (κ2) is 6.62. The van der Waals surface area contributed by atoms with Crippen LogP contribution in [0.2, 0.25) is 0 Å². The van der Waals surface area contributed by atoms with Crippen molar-refractivity contribution in [2.75, 3.05) is 13.0 Å². The minimum Gasteiger partial charge on any atom is -0.496 e. The van der Waals surface area contributed by atoms with E-state index in [-0.39, 0.29) is 0 Å². The van der Waals surface area contributed by atoms with Crippen molar-refractivity contribution in [3.05, 3.63) is 47.8 Å². The zero-order valence-electron chi connectivity index (χ0n) is 11.3. The number of ether oxygens (including phenoxy) is 1. The summed E-state index contributed by atoms with van der Waals surface area (Å²) in [5.41, 5.74) is 2.29. The SMILES string of the molecule is COc1ccccc1CC(CCl)Cc1ccn(C)n1. The van der Waals surface area contributed by atoms with Crippen molar-refractivity contribution in [2.45, 2.75) is 12.8 Å². The number of alkyl halides is 1. The summed E-state index contributed by atoms with van der Waals surface area (Å²) in [5, 5.41) is 4.41. The van der Waals surface area contributed by atoms with Gasteiger partial charge in [-0.3, -0.25) is 4.68 Å². The van der Waals surface area contributed by atoms with Gasteiger partial charge >= 0.3 is 0 Å². The molecule has 1 aromatic heterocycles. The van der Waals surface area contributed by atoms with E-state index in [1.54, 1.807) is 7.11 Å². The van der Waals surface area contributed by atoms with Gasteiger partial charge in [-0.25, -0.2) is 0 Å². The van der Waals surface area contributed by atoms with Gasteiger partial charge in [-0.2, -0.15) is 5.10 Å². The van der Waals surface area contributed by atoms with Gasteiger partial charge in [-0.15, -0.1) is 11.6 Å². The minimum absolute atomic E-state index is 0.368. The standard InChI is InChI=1S/C15H19ClN2O/c1-18-8-7-14(17-18)10-12(11-16)9-13-5-3-4-6-15(13)19-2/h3-8,12H,9-11H2,1-2H3. The average Bonchev–Trinajstić information content (AvgIpc) is 2.84. The van der Waals surface area contributed by atoms with Crippen LogP contribution in [0.5, 0.6) is 5.75 Å². The molecule has 0 saturated heterocycles. The Bertz CT molecular complexity index is 524. The van der Waals surface area contributed by atoms with E-state index in [0.717, 1.165) is 24.3 Å². The molecule has 1 atom stereocenters. The Morgan fingerprint density at radius 1 is 1.26 bits per heavy atom. The quantitative estimate of drug-likeness (QED) is 0.760. The van der Waals surface area contributed by atoms with Crippen molar-refractivity contribution in [3.8, 4) is 5.75 Å². The third-order valence-electron chi connectivity index (χ3n) is 3.19. The molecule has 0 radical (unpaired) electrons. The summed E-state index contributed by atoms with van der Waals surface area (Å²) in [5.74, 6) is 1.92. The summed E-state index contributed by atoms with van der Waals surface area (Å²) >= 11 is 6.09. The fourth-order valence-electron chi connectivity index (χ4n) is 2.23. The van der Waals surface area contributed by atoms with Crippen LogP contribution in [0.1, 0.15) is 11.3 Å². The number of para-hydroxylation sites is 1. The average molecular weight is 279 g/mol. The fraction of sp³-hybridized carbons (Fsp3) is 0.400. The molecule has 0 amide bonds. The molecule has 0 spiro atoms. The van der Waals surface area contributed by atoms with Gasteiger partial charge in [0.15, 0.2) is 0 Å². The number of nitrogens with zero attached hydrogens (tertiary/aromatic N) is 2. The molecule has 0 aliphatic carbocycles. The first kappa shape index (κ1) is 13.9. The first-order chi connectivity index (χ1) is 9.22. The highest BCUT2D eigenvalue weighted by Gasteiger charge is 2.13. The number of rotatable bonds is 6. The summed E-state index contributed by atoms with van der Waals surface area (Å²) < 4.78 is 7.21. The molecule has 19 heavy (non-hydrogen) atoms. The zero-order chi connectivity index (χ0) is 13.7. The third kappa shape index (κ3) is 3.74. The highest BCUT2D eigenvalue weighted by molar-refractivity contribution is 6.18. The number of benzene rings is 1. The monoisotopic (exact) mass is 278 g/mol. The molecule has 0 N–H and O–H groups in total. The maximum Gasteiger partial charge on any atom is 0.122 e. The molecular weight excluding hydrogens is 260 g/mol. The van der Waals surface area contributed by atoms with Crippen LogP contribution < -0.4 is 4.74 Å². The zero-order valence-corrected chi connectivity index (χ0v) is 12.1. The minimum atomic E-state index is 0.368. The van der Waals surface area contributed by atoms with Crippen molar-refractivity contribution in [2.24, 2.45) is 13.0 Å². The van der Waals surface area contributed by atoms with E-state index >= 15 is 0 Å². The van der Waals surface area contributed by atoms with Crippen LogP contribution in [-0.4, -0.2) is 22.8 Å². The molecule has 1 aromatic carbocycles. The molecule has 0 saturated carbocycles. The summed E-state index contributed by atoms with van der Waals surface area (Å²) in [7, 11) is 3.63. The highest BCUT2D eigenvalue weighted by Crippen LogP contribution is 2.23. The van der Waals surface area contributed by atoms with Gasteiger partial charge in [0.2, 0.25) is 0 Å². The Labute approximate surface area is 119 Å². The topological polar surface area (TPSA) is 27.1 Å². The van der Waals surface area contributed by atoms with E-state index < -0.39 is 0 Å². The van der Waals surface area contributed by atoms with Gasteiger partial charge < -0.3 is 4.74 Å². The Balaban J connectivity index is 2.06. The van der Waals surface area contributed by atoms with Gasteiger partial charge in [0, 0.05) is 19.1 Å². The Morgan fingerprint density at radius 2 is 2.05 bits per heavy atom. The first-order valence-corrected chi connectivity index (χ1v) is 6.92. The Hall–Kier alpha value is -1.48. The lowest BCUT2D eigenvalue weighted by atomic mass is 9.96. The number of aromatic nitrogens is 2. The molecule has 2 rings (SSSR count).